The van der Waals surface area contributed by atoms with Crippen molar-refractivity contribution < 1.29 is 44.9 Å². The average molecular weight is 430 g/mol. The van der Waals surface area contributed by atoms with Crippen molar-refractivity contribution >= 4 is 5.97 Å². The van der Waals surface area contributed by atoms with Crippen molar-refractivity contribution in [1.29, 1.82) is 0 Å². The zero-order valence-corrected chi connectivity index (χ0v) is 17.5. The third-order valence-electron chi connectivity index (χ3n) is 7.67. The van der Waals surface area contributed by atoms with Crippen LogP contribution >= 0.6 is 0 Å². The van der Waals surface area contributed by atoms with Crippen LogP contribution in [0.1, 0.15) is 46.0 Å². The molecule has 2 aliphatic carbocycles. The van der Waals surface area contributed by atoms with Gasteiger partial charge in [0.25, 0.3) is 0 Å². The van der Waals surface area contributed by atoms with Gasteiger partial charge in [0.2, 0.25) is 0 Å². The molecule has 30 heavy (non-hydrogen) atoms. The van der Waals surface area contributed by atoms with Crippen LogP contribution in [0, 0.1) is 17.3 Å². The lowest BCUT2D eigenvalue weighted by atomic mass is 9.52. The van der Waals surface area contributed by atoms with Gasteiger partial charge in [-0.15, -0.1) is 0 Å². The van der Waals surface area contributed by atoms with Gasteiger partial charge >= 0.3 is 5.97 Å². The first kappa shape index (κ1) is 23.6. The lowest BCUT2D eigenvalue weighted by Gasteiger charge is -2.57. The Bertz CT molecular complexity index is 663. The largest absolute Gasteiger partial charge is 0.478 e. The molecule has 10 atom stereocenters. The summed E-state index contributed by atoms with van der Waals surface area (Å²) in [4.78, 5) is 11.4. The van der Waals surface area contributed by atoms with Gasteiger partial charge in [-0.1, -0.05) is 13.5 Å². The van der Waals surface area contributed by atoms with E-state index in [1.807, 2.05) is 0 Å². The van der Waals surface area contributed by atoms with Gasteiger partial charge in [-0.2, -0.15) is 0 Å². The average Bonchev–Trinajstić information content (AvgIpc) is 2.69. The number of fused-ring (bicyclic) bond motifs is 1. The second-order valence-corrected chi connectivity index (χ2v) is 9.59. The van der Waals surface area contributed by atoms with Gasteiger partial charge in [-0.3, -0.25) is 0 Å². The second kappa shape index (κ2) is 8.46. The molecule has 0 amide bonds. The van der Waals surface area contributed by atoms with Crippen LogP contribution < -0.4 is 0 Å². The zero-order chi connectivity index (χ0) is 22.4. The predicted molar refractivity (Wildman–Crippen MR) is 104 cm³/mol. The maximum atomic E-state index is 11.5. The molecule has 0 aromatic heterocycles. The van der Waals surface area contributed by atoms with Crippen molar-refractivity contribution in [2.45, 2.75) is 88.4 Å². The first-order valence-corrected chi connectivity index (χ1v) is 10.5. The summed E-state index contributed by atoms with van der Waals surface area (Å²) in [5.41, 5.74) is -1.39. The third-order valence-corrected chi connectivity index (χ3v) is 7.67. The van der Waals surface area contributed by atoms with Gasteiger partial charge in [-0.25, -0.2) is 4.79 Å². The topological polar surface area (TPSA) is 157 Å². The number of aliphatic hydroxyl groups excluding tert-OH is 4. The van der Waals surface area contributed by atoms with Crippen molar-refractivity contribution in [3.8, 4) is 0 Å². The summed E-state index contributed by atoms with van der Waals surface area (Å²) in [5.74, 6) is -1.53. The normalized spacial score (nSPS) is 49.3. The number of aliphatic carboxylic acids is 1. The molecule has 1 heterocycles. The number of carboxylic acids is 1. The molecule has 1 saturated heterocycles. The fourth-order valence-electron chi connectivity index (χ4n) is 5.62. The molecule has 3 fully saturated rings. The fraction of sp³-hybridized carbons (Fsp3) is 0.857. The molecular formula is C21H34O9. The smallest absolute Gasteiger partial charge is 0.331 e. The Morgan fingerprint density at radius 3 is 2.37 bits per heavy atom. The number of hydrogen-bond donors (Lipinski definition) is 6. The van der Waals surface area contributed by atoms with E-state index < -0.39 is 55.0 Å². The number of hydrogen-bond acceptors (Lipinski definition) is 8. The molecule has 6 N–H and O–H groups in total. The van der Waals surface area contributed by atoms with Crippen molar-refractivity contribution in [1.82, 2.24) is 0 Å². The number of carbonyl (C=O) groups is 1. The first-order valence-electron chi connectivity index (χ1n) is 10.5. The quantitative estimate of drug-likeness (QED) is 0.256. The van der Waals surface area contributed by atoms with Crippen LogP contribution in [0.4, 0.5) is 0 Å². The fourth-order valence-corrected chi connectivity index (χ4v) is 5.62. The molecule has 3 aliphatic rings. The summed E-state index contributed by atoms with van der Waals surface area (Å²) in [6.07, 6.45) is -4.60. The van der Waals surface area contributed by atoms with Crippen LogP contribution in [0.3, 0.4) is 0 Å². The van der Waals surface area contributed by atoms with Gasteiger partial charge in [0.1, 0.15) is 24.4 Å². The van der Waals surface area contributed by atoms with E-state index in [-0.39, 0.29) is 22.8 Å². The van der Waals surface area contributed by atoms with Crippen LogP contribution in [0.5, 0.6) is 0 Å². The molecule has 10 unspecified atom stereocenters. The van der Waals surface area contributed by atoms with Crippen LogP contribution in [0.15, 0.2) is 12.2 Å². The van der Waals surface area contributed by atoms with E-state index in [1.54, 1.807) is 6.92 Å². The van der Waals surface area contributed by atoms with E-state index in [9.17, 15) is 35.4 Å². The van der Waals surface area contributed by atoms with E-state index in [1.165, 1.54) is 0 Å². The monoisotopic (exact) mass is 430 g/mol. The molecule has 0 spiro atoms. The predicted octanol–water partition coefficient (Wildman–Crippen LogP) is -0.220. The molecule has 1 aliphatic heterocycles. The number of rotatable bonds is 5. The number of ether oxygens (including phenoxy) is 2. The van der Waals surface area contributed by atoms with Crippen molar-refractivity contribution in [2.24, 2.45) is 17.3 Å². The third kappa shape index (κ3) is 4.04. The minimum atomic E-state index is -1.56. The Hall–Kier alpha value is -1.07. The molecule has 172 valence electrons. The highest BCUT2D eigenvalue weighted by atomic mass is 16.7. The van der Waals surface area contributed by atoms with E-state index in [2.05, 4.69) is 13.5 Å². The van der Waals surface area contributed by atoms with E-state index in [0.717, 1.165) is 12.8 Å². The molecule has 3 rings (SSSR count). The van der Waals surface area contributed by atoms with Crippen LogP contribution in [0.25, 0.3) is 0 Å². The van der Waals surface area contributed by atoms with Crippen molar-refractivity contribution in [2.75, 3.05) is 6.61 Å². The van der Waals surface area contributed by atoms with Crippen molar-refractivity contribution in [3.63, 3.8) is 0 Å². The summed E-state index contributed by atoms with van der Waals surface area (Å²) < 4.78 is 11.3. The highest BCUT2D eigenvalue weighted by Crippen LogP contribution is 2.57. The standard InChI is InChI=1S/C21H34O9/c1-10(18(26)27)11-4-6-20(2)7-5-14(21(3,28)13(20)8-11)30-19-17(25)16(24)15(23)12(9-22)29-19/h11-17,19,22-25,28H,1,4-9H2,2-3H3,(H,26,27). The number of aliphatic hydroxyl groups is 5. The van der Waals surface area contributed by atoms with Gasteiger partial charge in [0, 0.05) is 5.57 Å². The maximum Gasteiger partial charge on any atom is 0.331 e. The summed E-state index contributed by atoms with van der Waals surface area (Å²) >= 11 is 0. The van der Waals surface area contributed by atoms with Gasteiger partial charge in [0.15, 0.2) is 6.29 Å². The van der Waals surface area contributed by atoms with Gasteiger partial charge in [0.05, 0.1) is 18.3 Å². The molecule has 0 aromatic rings. The Labute approximate surface area is 175 Å². The van der Waals surface area contributed by atoms with Crippen LogP contribution in [0.2, 0.25) is 0 Å². The summed E-state index contributed by atoms with van der Waals surface area (Å²) in [5, 5.41) is 60.4. The van der Waals surface area contributed by atoms with Crippen molar-refractivity contribution in [3.05, 3.63) is 12.2 Å². The number of carboxylic acid groups (broad SMARTS) is 1. The first-order chi connectivity index (χ1) is 13.9. The van der Waals surface area contributed by atoms with Crippen LogP contribution in [-0.4, -0.2) is 85.6 Å². The van der Waals surface area contributed by atoms with Gasteiger partial charge in [-0.05, 0) is 56.3 Å². The van der Waals surface area contributed by atoms with E-state index in [4.69, 9.17) is 9.47 Å². The highest BCUT2D eigenvalue weighted by Gasteiger charge is 2.57. The lowest BCUT2D eigenvalue weighted by Crippen LogP contribution is -2.63. The SMILES string of the molecule is C=C(C(=O)O)C1CCC2(C)CCC(OC3OC(CO)C(O)C(O)C3O)C(C)(O)C2C1. The minimum Gasteiger partial charge on any atom is -0.478 e. The summed E-state index contributed by atoms with van der Waals surface area (Å²) in [7, 11) is 0. The summed E-state index contributed by atoms with van der Waals surface area (Å²) in [6.45, 7) is 6.88. The molecule has 9 heteroatoms. The molecule has 9 nitrogen and oxygen atoms in total. The Balaban J connectivity index is 1.78. The maximum absolute atomic E-state index is 11.5. The molecule has 0 bridgehead atoms. The molecular weight excluding hydrogens is 396 g/mol. The lowest BCUT2D eigenvalue weighted by molar-refractivity contribution is -0.334. The van der Waals surface area contributed by atoms with Gasteiger partial charge < -0.3 is 40.1 Å². The molecule has 2 saturated carbocycles. The Morgan fingerprint density at radius 1 is 1.13 bits per heavy atom. The van der Waals surface area contributed by atoms with E-state index >= 15 is 0 Å². The summed E-state index contributed by atoms with van der Waals surface area (Å²) in [6, 6.07) is 0. The Morgan fingerprint density at radius 2 is 1.77 bits per heavy atom. The highest BCUT2D eigenvalue weighted by molar-refractivity contribution is 5.86. The molecule has 0 aromatic carbocycles. The molecule has 0 radical (unpaired) electrons. The van der Waals surface area contributed by atoms with Crippen LogP contribution in [-0.2, 0) is 14.3 Å². The minimum absolute atomic E-state index is 0.143. The zero-order valence-electron chi connectivity index (χ0n) is 17.5. The second-order valence-electron chi connectivity index (χ2n) is 9.59. The Kier molecular flexibility index (Phi) is 6.65. The van der Waals surface area contributed by atoms with E-state index in [0.29, 0.717) is 19.3 Å².